The summed E-state index contributed by atoms with van der Waals surface area (Å²) in [6.45, 7) is 3.71. The van der Waals surface area contributed by atoms with Crippen molar-refractivity contribution in [3.8, 4) is 0 Å². The molecule has 4 nitrogen and oxygen atoms in total. The zero-order valence-electron chi connectivity index (χ0n) is 8.04. The molecule has 0 heterocycles. The topological polar surface area (TPSA) is 72.2 Å². The fourth-order valence-corrected chi connectivity index (χ4v) is 1.52. The number of carbonyl (C=O) groups excluding carboxylic acids is 2. The summed E-state index contributed by atoms with van der Waals surface area (Å²) in [5.74, 6) is 0.210. The summed E-state index contributed by atoms with van der Waals surface area (Å²) in [6.07, 6.45) is 1.86. The summed E-state index contributed by atoms with van der Waals surface area (Å²) >= 11 is 0. The summed E-state index contributed by atoms with van der Waals surface area (Å²) in [4.78, 5) is 22.0. The fourth-order valence-electron chi connectivity index (χ4n) is 1.52. The van der Waals surface area contributed by atoms with Gasteiger partial charge in [-0.05, 0) is 25.7 Å². The van der Waals surface area contributed by atoms with E-state index in [9.17, 15) is 9.59 Å². The number of hydrogen-bond acceptors (Lipinski definition) is 2. The van der Waals surface area contributed by atoms with E-state index in [0.717, 1.165) is 12.8 Å². The van der Waals surface area contributed by atoms with E-state index in [-0.39, 0.29) is 11.8 Å². The molecule has 1 aliphatic rings. The molecular weight excluding hydrogens is 168 g/mol. The van der Waals surface area contributed by atoms with Gasteiger partial charge in [0.2, 0.25) is 11.8 Å². The van der Waals surface area contributed by atoms with Gasteiger partial charge in [0.05, 0.1) is 0 Å². The number of nitrogens with one attached hydrogen (secondary N) is 1. The molecule has 1 aliphatic carbocycles. The van der Waals surface area contributed by atoms with Gasteiger partial charge in [-0.2, -0.15) is 0 Å². The molecule has 1 unspecified atom stereocenters. The minimum absolute atomic E-state index is 0.0376. The molecule has 0 saturated heterocycles. The van der Waals surface area contributed by atoms with Gasteiger partial charge in [0.15, 0.2) is 0 Å². The van der Waals surface area contributed by atoms with Crippen molar-refractivity contribution in [2.24, 2.45) is 17.6 Å². The highest BCUT2D eigenvalue weighted by molar-refractivity contribution is 5.87. The zero-order valence-corrected chi connectivity index (χ0v) is 8.04. The Morgan fingerprint density at radius 1 is 1.46 bits per heavy atom. The average molecular weight is 184 g/mol. The van der Waals surface area contributed by atoms with Gasteiger partial charge < -0.3 is 11.1 Å². The van der Waals surface area contributed by atoms with Crippen molar-refractivity contribution < 1.29 is 9.59 Å². The summed E-state index contributed by atoms with van der Waals surface area (Å²) < 4.78 is 0. The normalized spacial score (nSPS) is 28.8. The lowest BCUT2D eigenvalue weighted by Crippen LogP contribution is -2.47. The van der Waals surface area contributed by atoms with Crippen molar-refractivity contribution in [1.29, 1.82) is 0 Å². The molecule has 0 aliphatic heterocycles. The standard InChI is InChI=1S/C9H16N2O2/c1-5-3-7(4-5)9(13)11-6(2)8(10)12/h5-7H,3-4H2,1-2H3,(H2,10,12)(H,11,13). The summed E-state index contributed by atoms with van der Waals surface area (Å²) in [6, 6.07) is -0.552. The van der Waals surface area contributed by atoms with Gasteiger partial charge >= 0.3 is 0 Å². The Balaban J connectivity index is 2.29. The van der Waals surface area contributed by atoms with E-state index >= 15 is 0 Å². The van der Waals surface area contributed by atoms with Gasteiger partial charge in [0, 0.05) is 5.92 Å². The van der Waals surface area contributed by atoms with Crippen LogP contribution < -0.4 is 11.1 Å². The van der Waals surface area contributed by atoms with Crippen LogP contribution >= 0.6 is 0 Å². The Labute approximate surface area is 77.9 Å². The Morgan fingerprint density at radius 2 is 2.00 bits per heavy atom. The van der Waals surface area contributed by atoms with Crippen LogP contribution in [0.4, 0.5) is 0 Å². The third-order valence-corrected chi connectivity index (χ3v) is 2.53. The lowest BCUT2D eigenvalue weighted by molar-refractivity contribution is -0.132. The molecule has 1 atom stereocenters. The maximum atomic E-state index is 11.4. The van der Waals surface area contributed by atoms with Crippen molar-refractivity contribution in [3.63, 3.8) is 0 Å². The Hall–Kier alpha value is -1.06. The van der Waals surface area contributed by atoms with Crippen LogP contribution in [0.1, 0.15) is 26.7 Å². The van der Waals surface area contributed by atoms with Crippen LogP contribution in [0.2, 0.25) is 0 Å². The molecule has 74 valence electrons. The van der Waals surface area contributed by atoms with Gasteiger partial charge in [-0.1, -0.05) is 6.92 Å². The van der Waals surface area contributed by atoms with E-state index in [1.807, 2.05) is 0 Å². The molecule has 0 bridgehead atoms. The SMILES string of the molecule is CC1CC(C(=O)NC(C)C(N)=O)C1. The van der Waals surface area contributed by atoms with Gasteiger partial charge in [-0.15, -0.1) is 0 Å². The molecule has 13 heavy (non-hydrogen) atoms. The van der Waals surface area contributed by atoms with E-state index < -0.39 is 11.9 Å². The molecule has 1 rings (SSSR count). The molecule has 1 saturated carbocycles. The summed E-state index contributed by atoms with van der Waals surface area (Å²) in [7, 11) is 0. The van der Waals surface area contributed by atoms with Crippen molar-refractivity contribution in [1.82, 2.24) is 5.32 Å². The molecule has 3 N–H and O–H groups in total. The number of rotatable bonds is 3. The first-order valence-electron chi connectivity index (χ1n) is 4.60. The molecule has 1 fully saturated rings. The smallest absolute Gasteiger partial charge is 0.239 e. The average Bonchev–Trinajstić information content (AvgIpc) is 1.98. The Kier molecular flexibility index (Phi) is 2.90. The first-order chi connectivity index (χ1) is 6.00. The molecule has 0 aromatic heterocycles. The van der Waals surface area contributed by atoms with E-state index in [0.29, 0.717) is 5.92 Å². The van der Waals surface area contributed by atoms with Crippen molar-refractivity contribution in [2.75, 3.05) is 0 Å². The van der Waals surface area contributed by atoms with Crippen molar-refractivity contribution >= 4 is 11.8 Å². The van der Waals surface area contributed by atoms with Gasteiger partial charge in [0.1, 0.15) is 6.04 Å². The van der Waals surface area contributed by atoms with Crippen LogP contribution in [0.15, 0.2) is 0 Å². The van der Waals surface area contributed by atoms with Crippen LogP contribution in [0.5, 0.6) is 0 Å². The third-order valence-electron chi connectivity index (χ3n) is 2.53. The monoisotopic (exact) mass is 184 g/mol. The largest absolute Gasteiger partial charge is 0.368 e. The molecule has 2 amide bonds. The van der Waals surface area contributed by atoms with Gasteiger partial charge in [0.25, 0.3) is 0 Å². The fraction of sp³-hybridized carbons (Fsp3) is 0.778. The van der Waals surface area contributed by atoms with Crippen molar-refractivity contribution in [3.05, 3.63) is 0 Å². The molecule has 0 aromatic carbocycles. The highest BCUT2D eigenvalue weighted by Gasteiger charge is 2.32. The zero-order chi connectivity index (χ0) is 10.0. The number of hydrogen-bond donors (Lipinski definition) is 2. The predicted molar refractivity (Wildman–Crippen MR) is 48.7 cm³/mol. The second kappa shape index (κ2) is 3.77. The lowest BCUT2D eigenvalue weighted by atomic mass is 9.75. The summed E-state index contributed by atoms with van der Waals surface area (Å²) in [5.41, 5.74) is 5.02. The molecule has 0 radical (unpaired) electrons. The first-order valence-corrected chi connectivity index (χ1v) is 4.60. The quantitative estimate of drug-likeness (QED) is 0.649. The van der Waals surface area contributed by atoms with E-state index in [2.05, 4.69) is 12.2 Å². The molecule has 4 heteroatoms. The van der Waals surface area contributed by atoms with Crippen LogP contribution in [0, 0.1) is 11.8 Å². The van der Waals surface area contributed by atoms with Gasteiger partial charge in [-0.25, -0.2) is 0 Å². The third kappa shape index (κ3) is 2.44. The number of primary amides is 1. The lowest BCUT2D eigenvalue weighted by Gasteiger charge is -2.31. The maximum Gasteiger partial charge on any atom is 0.239 e. The van der Waals surface area contributed by atoms with Crippen molar-refractivity contribution in [2.45, 2.75) is 32.7 Å². The molecule has 0 aromatic rings. The second-order valence-electron chi connectivity index (χ2n) is 3.91. The van der Waals surface area contributed by atoms with Crippen LogP contribution in [-0.2, 0) is 9.59 Å². The van der Waals surface area contributed by atoms with E-state index in [1.165, 1.54) is 0 Å². The molecule has 0 spiro atoms. The highest BCUT2D eigenvalue weighted by Crippen LogP contribution is 2.32. The van der Waals surface area contributed by atoms with Crippen LogP contribution in [0.25, 0.3) is 0 Å². The number of carbonyl (C=O) groups is 2. The second-order valence-corrected chi connectivity index (χ2v) is 3.91. The van der Waals surface area contributed by atoms with E-state index in [1.54, 1.807) is 6.92 Å². The Morgan fingerprint density at radius 3 is 2.38 bits per heavy atom. The van der Waals surface area contributed by atoms with Crippen LogP contribution in [0.3, 0.4) is 0 Å². The Bertz CT molecular complexity index is 222. The molecular formula is C9H16N2O2. The minimum Gasteiger partial charge on any atom is -0.368 e. The van der Waals surface area contributed by atoms with E-state index in [4.69, 9.17) is 5.73 Å². The van der Waals surface area contributed by atoms with Crippen LogP contribution in [-0.4, -0.2) is 17.9 Å². The summed E-state index contributed by atoms with van der Waals surface area (Å²) in [5, 5.41) is 2.59. The maximum absolute atomic E-state index is 11.4. The number of nitrogens with two attached hydrogens (primary N) is 1. The highest BCUT2D eigenvalue weighted by atomic mass is 16.2. The van der Waals surface area contributed by atoms with Gasteiger partial charge in [-0.3, -0.25) is 9.59 Å². The minimum atomic E-state index is -0.552. The first kappa shape index (κ1) is 10.0. The number of amides is 2. The predicted octanol–water partition coefficient (Wildman–Crippen LogP) is 0.0225.